The summed E-state index contributed by atoms with van der Waals surface area (Å²) in [5, 5.41) is 26.9. The van der Waals surface area contributed by atoms with E-state index in [2.05, 4.69) is 34.4 Å². The van der Waals surface area contributed by atoms with Gasteiger partial charge in [-0.25, -0.2) is 28.6 Å². The first-order valence-electron chi connectivity index (χ1n) is 17.2. The van der Waals surface area contributed by atoms with Crippen LogP contribution in [0.1, 0.15) is 58.6 Å². The van der Waals surface area contributed by atoms with Gasteiger partial charge in [-0.05, 0) is 23.8 Å². The van der Waals surface area contributed by atoms with E-state index in [9.17, 15) is 57.9 Å². The van der Waals surface area contributed by atoms with Crippen LogP contribution in [0.25, 0.3) is 11.2 Å². The Morgan fingerprint density at radius 3 is 2.41 bits per heavy atom. The smallest absolute Gasteiger partial charge is 0.386 e. The second-order valence-corrected chi connectivity index (χ2v) is 20.4. The average molecular weight is 880 g/mol. The second kappa shape index (κ2) is 19.5. The van der Waals surface area contributed by atoms with Crippen LogP contribution in [0, 0.1) is 5.41 Å². The molecule has 3 heterocycles. The van der Waals surface area contributed by atoms with Crippen molar-refractivity contribution in [2.45, 2.75) is 88.3 Å². The number of imidazole rings is 1. The van der Waals surface area contributed by atoms with E-state index in [-0.39, 0.29) is 35.9 Å². The number of aliphatic hydroxyl groups excluding tert-OH is 2. The van der Waals surface area contributed by atoms with Crippen molar-refractivity contribution in [1.29, 1.82) is 0 Å². The van der Waals surface area contributed by atoms with Gasteiger partial charge in [-0.2, -0.15) is 15.2 Å². The van der Waals surface area contributed by atoms with Crippen molar-refractivity contribution in [3.63, 3.8) is 0 Å². The third-order valence-electron chi connectivity index (χ3n) is 8.95. The highest BCUT2D eigenvalue weighted by Crippen LogP contribution is 2.61. The Balaban J connectivity index is 1.24. The van der Waals surface area contributed by atoms with Gasteiger partial charge in [0.1, 0.15) is 36.3 Å². The molecule has 1 saturated heterocycles. The molecular formula is C28H48N7O17P3S. The zero-order valence-electron chi connectivity index (χ0n) is 30.3. The van der Waals surface area contributed by atoms with E-state index in [0.717, 1.165) is 48.5 Å². The van der Waals surface area contributed by atoms with Gasteiger partial charge >= 0.3 is 23.5 Å². The Morgan fingerprint density at radius 2 is 1.75 bits per heavy atom. The van der Waals surface area contributed by atoms with Crippen molar-refractivity contribution < 1.29 is 80.5 Å². The Labute approximate surface area is 323 Å². The second-order valence-electron chi connectivity index (χ2n) is 13.7. The maximum Gasteiger partial charge on any atom is 0.481 e. The van der Waals surface area contributed by atoms with Gasteiger partial charge < -0.3 is 50.9 Å². The molecule has 28 heteroatoms. The van der Waals surface area contributed by atoms with Gasteiger partial charge in [0.2, 0.25) is 11.8 Å². The van der Waals surface area contributed by atoms with Gasteiger partial charge in [-0.1, -0.05) is 33.1 Å². The molecule has 1 saturated carbocycles. The molecule has 2 aliphatic rings. The van der Waals surface area contributed by atoms with Crippen LogP contribution >= 0.6 is 34.4 Å². The highest BCUT2D eigenvalue weighted by molar-refractivity contribution is 8.28. The minimum absolute atomic E-state index is 0.0342. The highest BCUT2D eigenvalue weighted by Gasteiger charge is 2.50. The number of anilines is 1. The number of carbonyl (C=O) groups is 3. The SMILES string of the molecule is CC(C)(COP(=O)(O)OP(=O)(O)OC[C@H]1O[C@@H](n2cnc3c(N)ncnc32)[C@H](O)[C@@H]1OP(=O)(O)O)C(O)C(=O)NCCC(=O)NCC[SH](C=O)C1CCCCC1. The Morgan fingerprint density at radius 1 is 1.07 bits per heavy atom. The van der Waals surface area contributed by atoms with Crippen LogP contribution in [0.15, 0.2) is 12.7 Å². The highest BCUT2D eigenvalue weighted by atomic mass is 32.2. The molecule has 0 radical (unpaired) electrons. The summed E-state index contributed by atoms with van der Waals surface area (Å²) in [4.78, 5) is 87.4. The van der Waals surface area contributed by atoms with Crippen molar-refractivity contribution in [3.05, 3.63) is 12.7 Å². The molecule has 56 heavy (non-hydrogen) atoms. The molecule has 2 fully saturated rings. The number of amides is 2. The van der Waals surface area contributed by atoms with Crippen LogP contribution < -0.4 is 16.4 Å². The molecule has 2 amide bonds. The number of phosphoric acid groups is 3. The van der Waals surface area contributed by atoms with E-state index in [1.54, 1.807) is 0 Å². The number of nitrogen functional groups attached to an aromatic ring is 1. The predicted molar refractivity (Wildman–Crippen MR) is 197 cm³/mol. The first-order valence-corrected chi connectivity index (χ1v) is 23.4. The first kappa shape index (κ1) is 46.3. The van der Waals surface area contributed by atoms with Gasteiger partial charge in [-0.15, -0.1) is 0 Å². The zero-order valence-corrected chi connectivity index (χ0v) is 33.9. The molecule has 1 aliphatic heterocycles. The number of aromatic nitrogens is 4. The van der Waals surface area contributed by atoms with Crippen molar-refractivity contribution in [2.24, 2.45) is 5.41 Å². The molecule has 318 valence electrons. The van der Waals surface area contributed by atoms with Crippen molar-refractivity contribution in [1.82, 2.24) is 30.2 Å². The van der Waals surface area contributed by atoms with Gasteiger partial charge in [0.15, 0.2) is 23.3 Å². The number of carbonyl (C=O) groups excluding carboxylic acids is 3. The third-order valence-corrected chi connectivity index (χ3v) is 14.5. The number of rotatable bonds is 21. The maximum atomic E-state index is 12.7. The Kier molecular flexibility index (Phi) is 16.1. The zero-order chi connectivity index (χ0) is 41.5. The van der Waals surface area contributed by atoms with Crippen molar-refractivity contribution in [2.75, 3.05) is 37.8 Å². The lowest BCUT2D eigenvalue weighted by Gasteiger charge is -2.30. The minimum atomic E-state index is -5.56. The van der Waals surface area contributed by atoms with Crippen LogP contribution in [0.2, 0.25) is 0 Å². The number of thiol groups is 1. The number of hydrogen-bond donors (Lipinski definition) is 10. The fourth-order valence-electron chi connectivity index (χ4n) is 6.00. The summed E-state index contributed by atoms with van der Waals surface area (Å²) in [6, 6.07) is 0. The van der Waals surface area contributed by atoms with E-state index in [0.29, 0.717) is 17.5 Å². The fourth-order valence-corrected chi connectivity index (χ4v) is 10.9. The van der Waals surface area contributed by atoms with E-state index >= 15 is 0 Å². The summed E-state index contributed by atoms with van der Waals surface area (Å²) in [5.74, 6) is -0.810. The lowest BCUT2D eigenvalue weighted by Crippen LogP contribution is -2.46. The lowest BCUT2D eigenvalue weighted by molar-refractivity contribution is -0.137. The van der Waals surface area contributed by atoms with Crippen molar-refractivity contribution >= 4 is 68.8 Å². The summed E-state index contributed by atoms with van der Waals surface area (Å²) < 4.78 is 62.2. The monoisotopic (exact) mass is 879 g/mol. The largest absolute Gasteiger partial charge is 0.481 e. The number of nitrogens with two attached hydrogens (primary N) is 1. The molecule has 2 aromatic rings. The number of fused-ring (bicyclic) bond motifs is 1. The predicted octanol–water partition coefficient (Wildman–Crippen LogP) is -0.0710. The Hall–Kier alpha value is -2.44. The molecule has 2 aromatic heterocycles. The molecule has 8 atom stereocenters. The van der Waals surface area contributed by atoms with E-state index in [1.165, 1.54) is 20.3 Å². The number of aliphatic hydroxyl groups is 2. The summed E-state index contributed by atoms with van der Waals surface area (Å²) in [7, 11) is -17.2. The van der Waals surface area contributed by atoms with E-state index in [4.69, 9.17) is 19.5 Å². The molecule has 4 unspecified atom stereocenters. The molecule has 24 nitrogen and oxygen atoms in total. The van der Waals surface area contributed by atoms with Gasteiger partial charge in [-0.3, -0.25) is 32.5 Å². The lowest BCUT2D eigenvalue weighted by atomic mass is 9.87. The first-order chi connectivity index (χ1) is 26.1. The normalized spacial score (nSPS) is 24.5. The molecular weight excluding hydrogens is 831 g/mol. The topological polar surface area (TPSA) is 364 Å². The summed E-state index contributed by atoms with van der Waals surface area (Å²) >= 11 is 0. The maximum absolute atomic E-state index is 12.7. The molecule has 0 bridgehead atoms. The number of nitrogens with zero attached hydrogens (tertiary/aromatic N) is 4. The molecule has 0 aromatic carbocycles. The number of ether oxygens (including phenoxy) is 1. The quantitative estimate of drug-likeness (QED) is 0.0445. The molecule has 0 spiro atoms. The summed E-state index contributed by atoms with van der Waals surface area (Å²) in [6.07, 6.45) is -1.45. The number of phosphoric ester groups is 3. The summed E-state index contributed by atoms with van der Waals surface area (Å²) in [6.45, 7) is 0.679. The van der Waals surface area contributed by atoms with Crippen LogP contribution in [0.3, 0.4) is 0 Å². The molecule has 1 aliphatic carbocycles. The summed E-state index contributed by atoms with van der Waals surface area (Å²) in [5.41, 5.74) is 5.29. The third kappa shape index (κ3) is 13.0. The number of nitrogens with one attached hydrogen (secondary N) is 2. The van der Waals surface area contributed by atoms with Crippen LogP contribution in [0.5, 0.6) is 0 Å². The fraction of sp³-hybridized carbons (Fsp3) is 0.714. The van der Waals surface area contributed by atoms with E-state index in [1.807, 2.05) is 0 Å². The Bertz CT molecular complexity index is 1830. The standard InChI is InChI=1S/C28H48N7O17P3S/c1-28(2,23(39)26(40)31-9-8-19(37)30-10-11-56(16-36)17-6-4-3-5-7-17)13-49-55(46,47)52-54(44,45)48-12-18-22(51-53(41,42)43)21(38)27(50-18)35-15-34-20-24(29)32-14-33-25(20)35/h14-18,21-23,27,38-39,56H,3-13H2,1-2H3,(H,30,37)(H,31,40)(H,44,45)(H,46,47)(H2,29,32,33)(H2,41,42,43)/t18-,21-,22-,23?,27-/m1/s1. The van der Waals surface area contributed by atoms with Crippen molar-refractivity contribution in [3.8, 4) is 0 Å². The van der Waals surface area contributed by atoms with Crippen LogP contribution in [-0.4, -0.2) is 128 Å². The van der Waals surface area contributed by atoms with Gasteiger partial charge in [0, 0.05) is 24.9 Å². The minimum Gasteiger partial charge on any atom is -0.386 e. The van der Waals surface area contributed by atoms with Gasteiger partial charge in [0.05, 0.1) is 19.5 Å². The number of hydrogen-bond acceptors (Lipinski definition) is 17. The van der Waals surface area contributed by atoms with Gasteiger partial charge in [0.25, 0.3) is 0 Å². The van der Waals surface area contributed by atoms with E-state index < -0.39 is 89.5 Å². The molecule has 4 rings (SSSR count). The van der Waals surface area contributed by atoms with Crippen LogP contribution in [0.4, 0.5) is 5.82 Å². The molecule has 10 N–H and O–H groups in total. The van der Waals surface area contributed by atoms with Crippen LogP contribution in [-0.2, 0) is 50.7 Å². The average Bonchev–Trinajstić information content (AvgIpc) is 3.68.